The zero-order valence-corrected chi connectivity index (χ0v) is 6.49. The normalized spacial score (nSPS) is 18.0. The van der Waals surface area contributed by atoms with Crippen molar-refractivity contribution in [3.05, 3.63) is 0 Å². The third kappa shape index (κ3) is 4.47. The van der Waals surface area contributed by atoms with Crippen LogP contribution in [-0.4, -0.2) is 11.3 Å². The van der Waals surface area contributed by atoms with Crippen LogP contribution in [0.15, 0.2) is 0 Å². The third-order valence-electron chi connectivity index (χ3n) is 1.12. The molecule has 1 nitrogen and oxygen atoms in total. The van der Waals surface area contributed by atoms with E-state index < -0.39 is 0 Å². The number of nitrogens with two attached hydrogens (primary N) is 1. The fraction of sp³-hybridized carbons (Fsp3) is 1.00. The highest BCUT2D eigenvalue weighted by molar-refractivity contribution is 7.80. The molecule has 2 atom stereocenters. The van der Waals surface area contributed by atoms with Crippen LogP contribution in [0.4, 0.5) is 0 Å². The Morgan fingerprint density at radius 2 is 2.12 bits per heavy atom. The van der Waals surface area contributed by atoms with E-state index in [0.717, 1.165) is 12.8 Å². The Balaban J connectivity index is 3.10. The molecule has 0 bridgehead atoms. The van der Waals surface area contributed by atoms with Gasteiger partial charge in [0.2, 0.25) is 0 Å². The summed E-state index contributed by atoms with van der Waals surface area (Å²) >= 11 is 4.29. The molecular weight excluding hydrogens is 118 g/mol. The lowest BCUT2D eigenvalue weighted by molar-refractivity contribution is 0.631. The van der Waals surface area contributed by atoms with Gasteiger partial charge in [-0.15, -0.1) is 0 Å². The van der Waals surface area contributed by atoms with Crippen LogP contribution in [0.3, 0.4) is 0 Å². The highest BCUT2D eigenvalue weighted by atomic mass is 32.1. The van der Waals surface area contributed by atoms with Gasteiger partial charge < -0.3 is 5.73 Å². The Hall–Kier alpha value is 0.310. The van der Waals surface area contributed by atoms with E-state index in [2.05, 4.69) is 19.6 Å². The SMILES string of the molecule is CCC(S)CC(C)N. The van der Waals surface area contributed by atoms with E-state index in [1.54, 1.807) is 0 Å². The van der Waals surface area contributed by atoms with Crippen LogP contribution in [0.25, 0.3) is 0 Å². The van der Waals surface area contributed by atoms with E-state index in [1.165, 1.54) is 0 Å². The van der Waals surface area contributed by atoms with Gasteiger partial charge in [-0.05, 0) is 19.8 Å². The topological polar surface area (TPSA) is 26.0 Å². The van der Waals surface area contributed by atoms with Crippen molar-refractivity contribution in [3.63, 3.8) is 0 Å². The summed E-state index contributed by atoms with van der Waals surface area (Å²) in [6.45, 7) is 4.14. The average molecular weight is 133 g/mol. The van der Waals surface area contributed by atoms with Gasteiger partial charge >= 0.3 is 0 Å². The second kappa shape index (κ2) is 4.21. The molecule has 50 valence electrons. The fourth-order valence-corrected chi connectivity index (χ4v) is 0.928. The fourth-order valence-electron chi connectivity index (χ4n) is 0.596. The summed E-state index contributed by atoms with van der Waals surface area (Å²) in [5.74, 6) is 0. The monoisotopic (exact) mass is 133 g/mol. The van der Waals surface area contributed by atoms with Gasteiger partial charge in [0.25, 0.3) is 0 Å². The number of rotatable bonds is 3. The maximum atomic E-state index is 5.52. The minimum absolute atomic E-state index is 0.303. The van der Waals surface area contributed by atoms with Crippen molar-refractivity contribution in [2.75, 3.05) is 0 Å². The molecule has 2 unspecified atom stereocenters. The van der Waals surface area contributed by atoms with E-state index in [1.807, 2.05) is 6.92 Å². The second-order valence-corrected chi connectivity index (χ2v) is 3.01. The van der Waals surface area contributed by atoms with Crippen LogP contribution in [0.5, 0.6) is 0 Å². The zero-order valence-electron chi connectivity index (χ0n) is 5.59. The Kier molecular flexibility index (Phi) is 4.38. The summed E-state index contributed by atoms with van der Waals surface area (Å²) in [5.41, 5.74) is 5.52. The summed E-state index contributed by atoms with van der Waals surface area (Å²) in [5, 5.41) is 0.495. The summed E-state index contributed by atoms with van der Waals surface area (Å²) in [6.07, 6.45) is 2.14. The third-order valence-corrected chi connectivity index (χ3v) is 1.69. The maximum Gasteiger partial charge on any atom is 0.00287 e. The van der Waals surface area contributed by atoms with Gasteiger partial charge in [-0.25, -0.2) is 0 Å². The van der Waals surface area contributed by atoms with Gasteiger partial charge in [-0.2, -0.15) is 12.6 Å². The zero-order chi connectivity index (χ0) is 6.57. The molecule has 2 N–H and O–H groups in total. The first-order chi connectivity index (χ1) is 3.66. The average Bonchev–Trinajstić information content (AvgIpc) is 1.65. The Morgan fingerprint density at radius 1 is 1.62 bits per heavy atom. The first kappa shape index (κ1) is 8.31. The quantitative estimate of drug-likeness (QED) is 0.560. The highest BCUT2D eigenvalue weighted by Gasteiger charge is 2.01. The molecule has 0 saturated carbocycles. The molecule has 0 aromatic carbocycles. The first-order valence-electron chi connectivity index (χ1n) is 3.10. The molecule has 0 rings (SSSR count). The Bertz CT molecular complexity index is 54.5. The van der Waals surface area contributed by atoms with Crippen LogP contribution < -0.4 is 5.73 Å². The molecule has 0 amide bonds. The summed E-state index contributed by atoms with van der Waals surface area (Å²) in [4.78, 5) is 0. The molecule has 0 aliphatic heterocycles. The predicted molar refractivity (Wildman–Crippen MR) is 41.3 cm³/mol. The van der Waals surface area contributed by atoms with Crippen LogP contribution in [0.1, 0.15) is 26.7 Å². The van der Waals surface area contributed by atoms with Gasteiger partial charge in [0.1, 0.15) is 0 Å². The van der Waals surface area contributed by atoms with E-state index in [-0.39, 0.29) is 0 Å². The lowest BCUT2D eigenvalue weighted by Gasteiger charge is -2.09. The minimum Gasteiger partial charge on any atom is -0.328 e. The molecule has 0 fully saturated rings. The Morgan fingerprint density at radius 3 is 2.25 bits per heavy atom. The summed E-state index contributed by atoms with van der Waals surface area (Å²) < 4.78 is 0. The van der Waals surface area contributed by atoms with Crippen molar-refractivity contribution < 1.29 is 0 Å². The molecule has 0 spiro atoms. The van der Waals surface area contributed by atoms with Crippen molar-refractivity contribution in [2.45, 2.75) is 38.0 Å². The first-order valence-corrected chi connectivity index (χ1v) is 3.62. The smallest absolute Gasteiger partial charge is 0.00287 e. The lowest BCUT2D eigenvalue weighted by Crippen LogP contribution is -2.19. The van der Waals surface area contributed by atoms with Crippen molar-refractivity contribution in [2.24, 2.45) is 5.73 Å². The lowest BCUT2D eigenvalue weighted by atomic mass is 10.1. The van der Waals surface area contributed by atoms with E-state index in [9.17, 15) is 0 Å². The van der Waals surface area contributed by atoms with Gasteiger partial charge in [-0.3, -0.25) is 0 Å². The molecule has 0 aliphatic carbocycles. The van der Waals surface area contributed by atoms with Crippen molar-refractivity contribution in [1.82, 2.24) is 0 Å². The van der Waals surface area contributed by atoms with E-state index in [0.29, 0.717) is 11.3 Å². The van der Waals surface area contributed by atoms with Crippen LogP contribution in [0.2, 0.25) is 0 Å². The molecule has 0 aliphatic rings. The molecule has 0 saturated heterocycles. The van der Waals surface area contributed by atoms with Crippen LogP contribution >= 0.6 is 12.6 Å². The van der Waals surface area contributed by atoms with E-state index in [4.69, 9.17) is 5.73 Å². The number of thiol groups is 1. The van der Waals surface area contributed by atoms with Crippen LogP contribution in [0, 0.1) is 0 Å². The molecule has 0 heterocycles. The Labute approximate surface area is 57.1 Å². The molecule has 0 aromatic rings. The van der Waals surface area contributed by atoms with Crippen molar-refractivity contribution >= 4 is 12.6 Å². The maximum absolute atomic E-state index is 5.52. The van der Waals surface area contributed by atoms with Gasteiger partial charge in [-0.1, -0.05) is 6.92 Å². The predicted octanol–water partition coefficient (Wildman–Crippen LogP) is 1.43. The standard InChI is InChI=1S/C6H15NS/c1-3-6(8)4-5(2)7/h5-6,8H,3-4,7H2,1-2H3. The van der Waals surface area contributed by atoms with Gasteiger partial charge in [0.05, 0.1) is 0 Å². The molecular formula is C6H15NS. The molecule has 8 heavy (non-hydrogen) atoms. The number of hydrogen-bond donors (Lipinski definition) is 2. The summed E-state index contributed by atoms with van der Waals surface area (Å²) in [7, 11) is 0. The molecule has 0 radical (unpaired) electrons. The van der Waals surface area contributed by atoms with Gasteiger partial charge in [0.15, 0.2) is 0 Å². The minimum atomic E-state index is 0.303. The molecule has 0 aromatic heterocycles. The highest BCUT2D eigenvalue weighted by Crippen LogP contribution is 2.06. The number of hydrogen-bond acceptors (Lipinski definition) is 2. The van der Waals surface area contributed by atoms with Crippen LogP contribution in [-0.2, 0) is 0 Å². The van der Waals surface area contributed by atoms with E-state index >= 15 is 0 Å². The van der Waals surface area contributed by atoms with Crippen molar-refractivity contribution in [1.29, 1.82) is 0 Å². The second-order valence-electron chi connectivity index (χ2n) is 2.28. The summed E-state index contributed by atoms with van der Waals surface area (Å²) in [6, 6.07) is 0.303. The molecule has 2 heteroatoms. The van der Waals surface area contributed by atoms with Crippen molar-refractivity contribution in [3.8, 4) is 0 Å². The van der Waals surface area contributed by atoms with Gasteiger partial charge in [0, 0.05) is 11.3 Å². The largest absolute Gasteiger partial charge is 0.328 e.